The number of sulfonamides is 1. The number of carbonyl (C=O) groups excluding carboxylic acids is 1. The lowest BCUT2D eigenvalue weighted by atomic mass is 10.2. The van der Waals surface area contributed by atoms with Crippen molar-refractivity contribution in [1.82, 2.24) is 5.32 Å². The van der Waals surface area contributed by atoms with E-state index >= 15 is 0 Å². The molecule has 0 bridgehead atoms. The summed E-state index contributed by atoms with van der Waals surface area (Å²) in [5, 5.41) is 7.21. The monoisotopic (exact) mass is 322 g/mol. The van der Waals surface area contributed by atoms with Crippen molar-refractivity contribution in [3.8, 4) is 0 Å². The number of rotatable bonds is 6. The molecule has 1 amide bonds. The van der Waals surface area contributed by atoms with E-state index < -0.39 is 44.1 Å². The summed E-state index contributed by atoms with van der Waals surface area (Å²) in [5.41, 5.74) is -0.734. The van der Waals surface area contributed by atoms with Crippen molar-refractivity contribution in [2.24, 2.45) is 5.14 Å². The molecule has 0 aliphatic carbocycles. The van der Waals surface area contributed by atoms with Crippen LogP contribution in [0.15, 0.2) is 17.0 Å². The van der Waals surface area contributed by atoms with Crippen LogP contribution in [0.1, 0.15) is 24.2 Å². The summed E-state index contributed by atoms with van der Waals surface area (Å²) in [4.78, 5) is 11.2. The molecule has 1 aromatic carbocycles. The zero-order valence-corrected chi connectivity index (χ0v) is 12.3. The first-order chi connectivity index (χ1) is 9.66. The second kappa shape index (κ2) is 6.92. The fourth-order valence-electron chi connectivity index (χ4n) is 1.53. The summed E-state index contributed by atoms with van der Waals surface area (Å²) in [6, 6.07) is 0.653. The highest BCUT2D eigenvalue weighted by Crippen LogP contribution is 2.18. The second-order valence-corrected chi connectivity index (χ2v) is 5.91. The number of hydrogen-bond donors (Lipinski definition) is 2. The van der Waals surface area contributed by atoms with Crippen LogP contribution in [0, 0.1) is 11.6 Å². The number of carbonyl (C=O) groups is 1. The molecule has 9 heteroatoms. The molecule has 0 aliphatic heterocycles. The minimum atomic E-state index is -4.25. The SMILES string of the molecule is CCOCC(C)NC(=O)c1cc(S(N)(=O)=O)cc(F)c1F. The average Bonchev–Trinajstić information content (AvgIpc) is 2.37. The number of nitrogens with one attached hydrogen (secondary N) is 1. The Morgan fingerprint density at radius 3 is 2.57 bits per heavy atom. The fourth-order valence-corrected chi connectivity index (χ4v) is 2.08. The summed E-state index contributed by atoms with van der Waals surface area (Å²) in [5.74, 6) is -3.86. The van der Waals surface area contributed by atoms with Gasteiger partial charge in [-0.1, -0.05) is 0 Å². The molecule has 21 heavy (non-hydrogen) atoms. The smallest absolute Gasteiger partial charge is 0.254 e. The van der Waals surface area contributed by atoms with Crippen molar-refractivity contribution in [3.05, 3.63) is 29.3 Å². The summed E-state index contributed by atoms with van der Waals surface area (Å²) in [6.07, 6.45) is 0. The second-order valence-electron chi connectivity index (χ2n) is 4.35. The predicted molar refractivity (Wildman–Crippen MR) is 71.2 cm³/mol. The average molecular weight is 322 g/mol. The van der Waals surface area contributed by atoms with Gasteiger partial charge < -0.3 is 10.1 Å². The molecule has 6 nitrogen and oxygen atoms in total. The standard InChI is InChI=1S/C12H16F2N2O4S/c1-3-20-6-7(2)16-12(17)9-4-8(21(15,18)19)5-10(13)11(9)14/h4-5,7H,3,6H2,1-2H3,(H,16,17)(H2,15,18,19). The summed E-state index contributed by atoms with van der Waals surface area (Å²) in [6.45, 7) is 3.98. The van der Waals surface area contributed by atoms with E-state index in [-0.39, 0.29) is 6.61 Å². The summed E-state index contributed by atoms with van der Waals surface area (Å²) < 4.78 is 54.4. The minimum Gasteiger partial charge on any atom is -0.380 e. The van der Waals surface area contributed by atoms with Crippen molar-refractivity contribution in [3.63, 3.8) is 0 Å². The molecule has 0 spiro atoms. The Labute approximate surface area is 121 Å². The highest BCUT2D eigenvalue weighted by molar-refractivity contribution is 7.89. The Hall–Kier alpha value is -1.58. The molecular formula is C12H16F2N2O4S. The number of primary sulfonamides is 1. The van der Waals surface area contributed by atoms with Crippen molar-refractivity contribution in [2.45, 2.75) is 24.8 Å². The third-order valence-corrected chi connectivity index (χ3v) is 3.42. The Balaban J connectivity index is 3.06. The van der Waals surface area contributed by atoms with Gasteiger partial charge in [0.2, 0.25) is 10.0 Å². The van der Waals surface area contributed by atoms with E-state index in [1.54, 1.807) is 13.8 Å². The molecular weight excluding hydrogens is 306 g/mol. The van der Waals surface area contributed by atoms with Gasteiger partial charge in [0.25, 0.3) is 5.91 Å². The lowest BCUT2D eigenvalue weighted by Crippen LogP contribution is -2.36. The van der Waals surface area contributed by atoms with Crippen LogP contribution in [0.25, 0.3) is 0 Å². The molecule has 1 rings (SSSR count). The molecule has 118 valence electrons. The first kappa shape index (κ1) is 17.5. The lowest BCUT2D eigenvalue weighted by Gasteiger charge is -2.14. The highest BCUT2D eigenvalue weighted by Gasteiger charge is 2.22. The van der Waals surface area contributed by atoms with Gasteiger partial charge >= 0.3 is 0 Å². The van der Waals surface area contributed by atoms with Crippen LogP contribution in [0.5, 0.6) is 0 Å². The summed E-state index contributed by atoms with van der Waals surface area (Å²) in [7, 11) is -4.25. The van der Waals surface area contributed by atoms with Crippen molar-refractivity contribution >= 4 is 15.9 Å². The molecule has 0 saturated carbocycles. The molecule has 0 fully saturated rings. The maximum Gasteiger partial charge on any atom is 0.254 e. The van der Waals surface area contributed by atoms with Gasteiger partial charge in [-0.2, -0.15) is 0 Å². The van der Waals surface area contributed by atoms with Crippen molar-refractivity contribution < 1.29 is 26.7 Å². The molecule has 0 aromatic heterocycles. The third-order valence-electron chi connectivity index (χ3n) is 2.52. The molecule has 0 saturated heterocycles. The minimum absolute atomic E-state index is 0.182. The van der Waals surface area contributed by atoms with Crippen LogP contribution in [-0.4, -0.2) is 33.6 Å². The fraction of sp³-hybridized carbons (Fsp3) is 0.417. The van der Waals surface area contributed by atoms with E-state index in [1.165, 1.54) is 0 Å². The quantitative estimate of drug-likeness (QED) is 0.808. The topological polar surface area (TPSA) is 98.5 Å². The largest absolute Gasteiger partial charge is 0.380 e. The zero-order valence-electron chi connectivity index (χ0n) is 11.5. The van der Waals surface area contributed by atoms with Gasteiger partial charge in [-0.25, -0.2) is 22.3 Å². The van der Waals surface area contributed by atoms with Gasteiger partial charge in [-0.3, -0.25) is 4.79 Å². The Kier molecular flexibility index (Phi) is 5.76. The summed E-state index contributed by atoms with van der Waals surface area (Å²) >= 11 is 0. The van der Waals surface area contributed by atoms with Gasteiger partial charge in [0.1, 0.15) is 0 Å². The van der Waals surface area contributed by atoms with Crippen LogP contribution >= 0.6 is 0 Å². The van der Waals surface area contributed by atoms with Crippen LogP contribution < -0.4 is 10.5 Å². The molecule has 0 aliphatic rings. The maximum absolute atomic E-state index is 13.6. The number of nitrogens with two attached hydrogens (primary N) is 1. The number of benzene rings is 1. The van der Waals surface area contributed by atoms with Crippen molar-refractivity contribution in [1.29, 1.82) is 0 Å². The van der Waals surface area contributed by atoms with Gasteiger partial charge in [0.05, 0.1) is 17.1 Å². The van der Waals surface area contributed by atoms with Gasteiger partial charge in [0.15, 0.2) is 11.6 Å². The maximum atomic E-state index is 13.6. The van der Waals surface area contributed by atoms with E-state index in [0.717, 1.165) is 0 Å². The molecule has 0 radical (unpaired) electrons. The van der Waals surface area contributed by atoms with Gasteiger partial charge in [0, 0.05) is 12.6 Å². The van der Waals surface area contributed by atoms with Crippen molar-refractivity contribution in [2.75, 3.05) is 13.2 Å². The first-order valence-electron chi connectivity index (χ1n) is 6.07. The number of halogens is 2. The van der Waals surface area contributed by atoms with Gasteiger partial charge in [-0.05, 0) is 26.0 Å². The zero-order chi connectivity index (χ0) is 16.2. The Bertz CT molecular complexity index is 634. The van der Waals surface area contributed by atoms with E-state index in [2.05, 4.69) is 5.32 Å². The predicted octanol–water partition coefficient (Wildman–Crippen LogP) is 0.767. The number of hydrogen-bond acceptors (Lipinski definition) is 4. The molecule has 1 atom stereocenters. The van der Waals surface area contributed by atoms with E-state index in [1.807, 2.05) is 0 Å². The molecule has 3 N–H and O–H groups in total. The van der Waals surface area contributed by atoms with E-state index in [0.29, 0.717) is 18.7 Å². The molecule has 0 heterocycles. The van der Waals surface area contributed by atoms with Crippen LogP contribution in [-0.2, 0) is 14.8 Å². The highest BCUT2D eigenvalue weighted by atomic mass is 32.2. The number of amides is 1. The molecule has 1 aromatic rings. The van der Waals surface area contributed by atoms with Crippen LogP contribution in [0.3, 0.4) is 0 Å². The van der Waals surface area contributed by atoms with E-state index in [9.17, 15) is 22.0 Å². The third kappa shape index (κ3) is 4.73. The number of ether oxygens (including phenoxy) is 1. The normalized spacial score (nSPS) is 13.0. The van der Waals surface area contributed by atoms with Gasteiger partial charge in [-0.15, -0.1) is 0 Å². The lowest BCUT2D eigenvalue weighted by molar-refractivity contribution is 0.0867. The van der Waals surface area contributed by atoms with Crippen LogP contribution in [0.4, 0.5) is 8.78 Å². The van der Waals surface area contributed by atoms with E-state index in [4.69, 9.17) is 9.88 Å². The Morgan fingerprint density at radius 1 is 1.43 bits per heavy atom. The Morgan fingerprint density at radius 2 is 2.05 bits per heavy atom. The molecule has 1 unspecified atom stereocenters. The van der Waals surface area contributed by atoms with Crippen LogP contribution in [0.2, 0.25) is 0 Å². The first-order valence-corrected chi connectivity index (χ1v) is 7.61.